The van der Waals surface area contributed by atoms with Crippen molar-refractivity contribution in [2.45, 2.75) is 31.6 Å². The summed E-state index contributed by atoms with van der Waals surface area (Å²) in [6, 6.07) is 19.1. The maximum Gasteiger partial charge on any atom is 0.0442 e. The summed E-state index contributed by atoms with van der Waals surface area (Å²) in [5.74, 6) is 0.277. The molecule has 0 N–H and O–H groups in total. The Bertz CT molecular complexity index is 490. The third-order valence-corrected chi connectivity index (χ3v) is 3.99. The van der Waals surface area contributed by atoms with Crippen molar-refractivity contribution in [3.8, 4) is 0 Å². The Morgan fingerprint density at radius 1 is 0.944 bits per heavy atom. The van der Waals surface area contributed by atoms with Gasteiger partial charge < -0.3 is 0 Å². The van der Waals surface area contributed by atoms with Gasteiger partial charge in [-0.2, -0.15) is 0 Å². The third-order valence-electron chi connectivity index (χ3n) is 3.43. The SMILES string of the molecule is CCC(Cl)C(c1ccccc1)c1ccccc1C. The van der Waals surface area contributed by atoms with Gasteiger partial charge in [0, 0.05) is 11.3 Å². The Labute approximate surface area is 115 Å². The molecule has 0 aliphatic heterocycles. The fraction of sp³-hybridized carbons (Fsp3) is 0.294. The van der Waals surface area contributed by atoms with E-state index in [0.29, 0.717) is 0 Å². The Morgan fingerprint density at radius 3 is 2.17 bits per heavy atom. The Kier molecular flexibility index (Phi) is 4.43. The van der Waals surface area contributed by atoms with Crippen LogP contribution < -0.4 is 0 Å². The van der Waals surface area contributed by atoms with Gasteiger partial charge in [0.2, 0.25) is 0 Å². The topological polar surface area (TPSA) is 0 Å². The van der Waals surface area contributed by atoms with Crippen molar-refractivity contribution in [3.05, 3.63) is 71.3 Å². The second-order valence-electron chi connectivity index (χ2n) is 4.67. The molecular formula is C17H19Cl. The molecule has 0 nitrogen and oxygen atoms in total. The van der Waals surface area contributed by atoms with Gasteiger partial charge in [0.05, 0.1) is 0 Å². The Hall–Kier alpha value is -1.27. The summed E-state index contributed by atoms with van der Waals surface area (Å²) in [6.45, 7) is 4.30. The fourth-order valence-electron chi connectivity index (χ4n) is 2.42. The predicted molar refractivity (Wildman–Crippen MR) is 79.4 cm³/mol. The van der Waals surface area contributed by atoms with Crippen molar-refractivity contribution < 1.29 is 0 Å². The van der Waals surface area contributed by atoms with Gasteiger partial charge in [0.1, 0.15) is 0 Å². The molecule has 0 aliphatic rings. The number of hydrogen-bond donors (Lipinski definition) is 0. The number of rotatable bonds is 4. The van der Waals surface area contributed by atoms with Gasteiger partial charge in [-0.25, -0.2) is 0 Å². The van der Waals surface area contributed by atoms with E-state index in [1.54, 1.807) is 0 Å². The van der Waals surface area contributed by atoms with Gasteiger partial charge in [-0.05, 0) is 30.0 Å². The lowest BCUT2D eigenvalue weighted by atomic mass is 9.85. The summed E-state index contributed by atoms with van der Waals surface area (Å²) in [5.41, 5.74) is 3.95. The summed E-state index contributed by atoms with van der Waals surface area (Å²) < 4.78 is 0. The van der Waals surface area contributed by atoms with Crippen LogP contribution in [0.5, 0.6) is 0 Å². The molecule has 0 heterocycles. The molecule has 2 rings (SSSR count). The highest BCUT2D eigenvalue weighted by molar-refractivity contribution is 6.21. The van der Waals surface area contributed by atoms with Crippen molar-refractivity contribution in [2.24, 2.45) is 0 Å². The Morgan fingerprint density at radius 2 is 1.56 bits per heavy atom. The summed E-state index contributed by atoms with van der Waals surface area (Å²) in [7, 11) is 0. The fourth-order valence-corrected chi connectivity index (χ4v) is 2.70. The summed E-state index contributed by atoms with van der Waals surface area (Å²) in [5, 5.41) is 0.133. The monoisotopic (exact) mass is 258 g/mol. The highest BCUT2D eigenvalue weighted by atomic mass is 35.5. The number of benzene rings is 2. The molecular weight excluding hydrogens is 240 g/mol. The zero-order valence-electron chi connectivity index (χ0n) is 10.9. The minimum Gasteiger partial charge on any atom is -0.122 e. The van der Waals surface area contributed by atoms with Gasteiger partial charge in [-0.3, -0.25) is 0 Å². The standard InChI is InChI=1S/C17H19Cl/c1-3-16(18)17(14-10-5-4-6-11-14)15-12-8-7-9-13(15)2/h4-12,16-17H,3H2,1-2H3. The van der Waals surface area contributed by atoms with Crippen LogP contribution in [0.25, 0.3) is 0 Å². The quantitative estimate of drug-likeness (QED) is 0.666. The van der Waals surface area contributed by atoms with E-state index in [2.05, 4.69) is 62.4 Å². The van der Waals surface area contributed by atoms with E-state index >= 15 is 0 Å². The van der Waals surface area contributed by atoms with E-state index in [9.17, 15) is 0 Å². The maximum atomic E-state index is 6.57. The van der Waals surface area contributed by atoms with Crippen molar-refractivity contribution in [3.63, 3.8) is 0 Å². The summed E-state index contributed by atoms with van der Waals surface area (Å²) in [4.78, 5) is 0. The van der Waals surface area contributed by atoms with Crippen LogP contribution in [-0.4, -0.2) is 5.38 Å². The lowest BCUT2D eigenvalue weighted by molar-refractivity contribution is 0.704. The third kappa shape index (κ3) is 2.76. The highest BCUT2D eigenvalue weighted by Gasteiger charge is 2.22. The van der Waals surface area contributed by atoms with Crippen LogP contribution in [0.15, 0.2) is 54.6 Å². The maximum absolute atomic E-state index is 6.57. The first kappa shape index (κ1) is 13.2. The van der Waals surface area contributed by atoms with Crippen LogP contribution in [0.2, 0.25) is 0 Å². The van der Waals surface area contributed by atoms with E-state index in [0.717, 1.165) is 6.42 Å². The molecule has 0 amide bonds. The average Bonchev–Trinajstić information content (AvgIpc) is 2.42. The molecule has 18 heavy (non-hydrogen) atoms. The van der Waals surface area contributed by atoms with E-state index < -0.39 is 0 Å². The zero-order valence-corrected chi connectivity index (χ0v) is 11.7. The molecule has 1 heteroatoms. The van der Waals surface area contributed by atoms with Crippen LogP contribution in [0, 0.1) is 6.92 Å². The smallest absolute Gasteiger partial charge is 0.0442 e. The van der Waals surface area contributed by atoms with E-state index in [1.807, 2.05) is 6.07 Å². The zero-order chi connectivity index (χ0) is 13.0. The van der Waals surface area contributed by atoms with Crippen LogP contribution >= 0.6 is 11.6 Å². The molecule has 2 aromatic carbocycles. The van der Waals surface area contributed by atoms with Gasteiger partial charge >= 0.3 is 0 Å². The number of alkyl halides is 1. The van der Waals surface area contributed by atoms with Crippen LogP contribution in [0.3, 0.4) is 0 Å². The number of hydrogen-bond acceptors (Lipinski definition) is 0. The van der Waals surface area contributed by atoms with Crippen molar-refractivity contribution in [1.82, 2.24) is 0 Å². The van der Waals surface area contributed by atoms with Crippen molar-refractivity contribution in [1.29, 1.82) is 0 Å². The van der Waals surface area contributed by atoms with Crippen molar-refractivity contribution in [2.75, 3.05) is 0 Å². The normalized spacial score (nSPS) is 14.2. The predicted octanol–water partition coefficient (Wildman–Crippen LogP) is 5.14. The van der Waals surface area contributed by atoms with E-state index in [4.69, 9.17) is 11.6 Å². The highest BCUT2D eigenvalue weighted by Crippen LogP contribution is 2.34. The molecule has 0 saturated heterocycles. The van der Waals surface area contributed by atoms with Crippen LogP contribution in [0.4, 0.5) is 0 Å². The molecule has 2 aromatic rings. The molecule has 2 unspecified atom stereocenters. The summed E-state index contributed by atoms with van der Waals surface area (Å²) in [6.07, 6.45) is 0.968. The first-order valence-corrected chi connectivity index (χ1v) is 6.92. The van der Waals surface area contributed by atoms with Crippen LogP contribution in [-0.2, 0) is 0 Å². The molecule has 94 valence electrons. The second kappa shape index (κ2) is 6.06. The van der Waals surface area contributed by atoms with Gasteiger partial charge in [0.25, 0.3) is 0 Å². The minimum atomic E-state index is 0.133. The molecule has 0 radical (unpaired) electrons. The molecule has 0 spiro atoms. The molecule has 0 saturated carbocycles. The lowest BCUT2D eigenvalue weighted by Crippen LogP contribution is -2.14. The first-order chi connectivity index (χ1) is 8.74. The Balaban J connectivity index is 2.47. The molecule has 0 bridgehead atoms. The number of halogens is 1. The van der Waals surface area contributed by atoms with Crippen molar-refractivity contribution >= 4 is 11.6 Å². The second-order valence-corrected chi connectivity index (χ2v) is 5.23. The van der Waals surface area contributed by atoms with E-state index in [-0.39, 0.29) is 11.3 Å². The molecule has 0 aromatic heterocycles. The van der Waals surface area contributed by atoms with E-state index in [1.165, 1.54) is 16.7 Å². The number of aryl methyl sites for hydroxylation is 1. The first-order valence-electron chi connectivity index (χ1n) is 6.48. The van der Waals surface area contributed by atoms with Gasteiger partial charge in [0.15, 0.2) is 0 Å². The van der Waals surface area contributed by atoms with Gasteiger partial charge in [-0.1, -0.05) is 61.5 Å². The lowest BCUT2D eigenvalue weighted by Gasteiger charge is -2.24. The van der Waals surface area contributed by atoms with Crippen LogP contribution in [0.1, 0.15) is 36.0 Å². The average molecular weight is 259 g/mol. The largest absolute Gasteiger partial charge is 0.122 e. The molecule has 0 fully saturated rings. The summed E-state index contributed by atoms with van der Waals surface area (Å²) >= 11 is 6.57. The molecule has 2 atom stereocenters. The van der Waals surface area contributed by atoms with Gasteiger partial charge in [-0.15, -0.1) is 11.6 Å². The molecule has 0 aliphatic carbocycles. The minimum absolute atomic E-state index is 0.133.